The molecule has 1 amide bonds. The van der Waals surface area contributed by atoms with Crippen LogP contribution in [0, 0.1) is 28.6 Å². The number of ether oxygens (including phenoxy) is 5. The summed E-state index contributed by atoms with van der Waals surface area (Å²) in [6.07, 6.45) is -8.46. The van der Waals surface area contributed by atoms with Gasteiger partial charge in [0.25, 0.3) is 0 Å². The largest absolute Gasteiger partial charge is 0.460 e. The minimum atomic E-state index is -2.12. The van der Waals surface area contributed by atoms with Crippen molar-refractivity contribution in [3.8, 4) is 0 Å². The van der Waals surface area contributed by atoms with Crippen LogP contribution in [0.2, 0.25) is 0 Å². The Morgan fingerprint density at radius 3 is 2.14 bits per heavy atom. The first-order chi connectivity index (χ1) is 26.6. The van der Waals surface area contributed by atoms with Gasteiger partial charge in [0.2, 0.25) is 0 Å². The third-order valence-electron chi connectivity index (χ3n) is 13.1. The van der Waals surface area contributed by atoms with E-state index >= 15 is 0 Å². The maximum Gasteiger partial charge on any atom is 0.408 e. The van der Waals surface area contributed by atoms with Crippen LogP contribution < -0.4 is 5.32 Å². The van der Waals surface area contributed by atoms with Crippen molar-refractivity contribution in [1.29, 1.82) is 0 Å². The van der Waals surface area contributed by atoms with E-state index in [-0.39, 0.29) is 31.4 Å². The van der Waals surface area contributed by atoms with E-state index in [1.54, 1.807) is 97.0 Å². The van der Waals surface area contributed by atoms with Gasteiger partial charge in [0.15, 0.2) is 11.7 Å². The SMILES string of the molecule is CC(=O)O[C@@]12CO[C@@H]1C[C@H](O)[C@@]1(C)C(=O)CC3[C@@H](C)[C@@H](OC(=O)[C@H](O)[C@@H](NC(=O)OC(C)(C)C)c4ccccc4)C[C@@](O)([C@@H](OC(=O)c4ccccc4)[C@H]21)C3(C)C. The number of rotatable bonds is 8. The fraction of sp³-hybridized carbons (Fsp3) is 0.605. The number of ketones is 1. The molecule has 3 saturated carbocycles. The maximum absolute atomic E-state index is 14.9. The smallest absolute Gasteiger partial charge is 0.408 e. The molecule has 57 heavy (non-hydrogen) atoms. The Balaban J connectivity index is 1.44. The summed E-state index contributed by atoms with van der Waals surface area (Å²) in [6.45, 7) is 12.9. The van der Waals surface area contributed by atoms with Gasteiger partial charge in [-0.1, -0.05) is 69.3 Å². The van der Waals surface area contributed by atoms with Crippen molar-refractivity contribution < 1.29 is 63.0 Å². The average Bonchev–Trinajstić information content (AvgIpc) is 3.13. The number of aliphatic hydroxyl groups excluding tert-OH is 2. The molecule has 3 aliphatic carbocycles. The molecule has 0 spiro atoms. The van der Waals surface area contributed by atoms with Gasteiger partial charge in [-0.3, -0.25) is 9.59 Å². The van der Waals surface area contributed by atoms with Crippen LogP contribution in [0.25, 0.3) is 0 Å². The van der Waals surface area contributed by atoms with Crippen molar-refractivity contribution in [2.24, 2.45) is 28.6 Å². The maximum atomic E-state index is 14.9. The molecular formula is C43H55NO13. The van der Waals surface area contributed by atoms with Crippen LogP contribution in [0.3, 0.4) is 0 Å². The van der Waals surface area contributed by atoms with E-state index in [0.29, 0.717) is 5.56 Å². The van der Waals surface area contributed by atoms with Crippen LogP contribution >= 0.6 is 0 Å². The van der Waals surface area contributed by atoms with Gasteiger partial charge in [0, 0.05) is 31.6 Å². The summed E-state index contributed by atoms with van der Waals surface area (Å²) < 4.78 is 29.8. The predicted octanol–water partition coefficient (Wildman–Crippen LogP) is 4.22. The van der Waals surface area contributed by atoms with E-state index in [2.05, 4.69) is 5.32 Å². The number of carbonyl (C=O) groups is 5. The molecular weight excluding hydrogens is 738 g/mol. The van der Waals surface area contributed by atoms with Gasteiger partial charge in [-0.15, -0.1) is 0 Å². The number of benzene rings is 2. The molecule has 2 aromatic carbocycles. The molecule has 310 valence electrons. The monoisotopic (exact) mass is 793 g/mol. The Morgan fingerprint density at radius 1 is 0.965 bits per heavy atom. The molecule has 12 atom stereocenters. The first-order valence-electron chi connectivity index (χ1n) is 19.5. The second-order valence-corrected chi connectivity index (χ2v) is 17.9. The second-order valence-electron chi connectivity index (χ2n) is 17.9. The van der Waals surface area contributed by atoms with E-state index in [1.807, 2.05) is 0 Å². The molecule has 1 saturated heterocycles. The predicted molar refractivity (Wildman–Crippen MR) is 202 cm³/mol. The van der Waals surface area contributed by atoms with Gasteiger partial charge in [0.05, 0.1) is 35.6 Å². The molecule has 2 bridgehead atoms. The number of nitrogens with one attached hydrogen (secondary N) is 1. The fourth-order valence-corrected chi connectivity index (χ4v) is 9.92. The van der Waals surface area contributed by atoms with Crippen molar-refractivity contribution in [3.05, 3.63) is 71.8 Å². The number of Topliss-reactive ketones (excluding diaryl/α,β-unsaturated/α-hetero) is 1. The summed E-state index contributed by atoms with van der Waals surface area (Å²) in [4.78, 5) is 68.9. The molecule has 0 aromatic heterocycles. The lowest BCUT2D eigenvalue weighted by atomic mass is 9.43. The molecule has 6 rings (SSSR count). The molecule has 14 nitrogen and oxygen atoms in total. The highest BCUT2D eigenvalue weighted by Crippen LogP contribution is 2.65. The van der Waals surface area contributed by atoms with E-state index < -0.39 is 112 Å². The first kappa shape index (κ1) is 42.2. The number of amides is 1. The molecule has 1 unspecified atom stereocenters. The zero-order chi connectivity index (χ0) is 41.9. The molecule has 4 aliphatic rings. The third kappa shape index (κ3) is 7.34. The molecule has 1 heterocycles. The summed E-state index contributed by atoms with van der Waals surface area (Å²) >= 11 is 0. The summed E-state index contributed by atoms with van der Waals surface area (Å²) in [6, 6.07) is 15.1. The Labute approximate surface area is 332 Å². The van der Waals surface area contributed by atoms with Crippen molar-refractivity contribution >= 4 is 29.8 Å². The van der Waals surface area contributed by atoms with E-state index in [9.17, 15) is 39.3 Å². The molecule has 0 radical (unpaired) electrons. The minimum absolute atomic E-state index is 0.0501. The fourth-order valence-electron chi connectivity index (χ4n) is 9.92. The van der Waals surface area contributed by atoms with E-state index in [4.69, 9.17) is 23.7 Å². The highest BCUT2D eigenvalue weighted by atomic mass is 16.6. The second kappa shape index (κ2) is 15.1. The van der Waals surface area contributed by atoms with Crippen molar-refractivity contribution in [2.75, 3.05) is 6.61 Å². The number of alkyl carbamates (subject to hydrolysis) is 1. The Morgan fingerprint density at radius 2 is 1.58 bits per heavy atom. The molecule has 14 heteroatoms. The van der Waals surface area contributed by atoms with Crippen LogP contribution in [0.1, 0.15) is 96.6 Å². The van der Waals surface area contributed by atoms with Gasteiger partial charge in [-0.05, 0) is 57.2 Å². The number of aliphatic hydroxyl groups is 3. The van der Waals surface area contributed by atoms with Crippen molar-refractivity contribution in [3.63, 3.8) is 0 Å². The highest BCUT2D eigenvalue weighted by molar-refractivity contribution is 5.90. The standard InChI is InChI=1S/C43H55NO13/c1-23-27-19-29(46)41(8)30(47)20-31-42(22-53-31,56-24(2)45)34(41)35(55-36(49)26-17-13-10-14-18-26)43(52,40(27,6)7)21-28(23)54-37(50)33(48)32(25-15-11-9-12-16-25)44-38(51)57-39(3,4)5/h9-18,23,27-28,30-35,47-48,52H,19-22H2,1-8H3,(H,44,51)/t23-,27?,28+,30+,31-,32+,33-,34+,35+,41-,42+,43-/m1/s1. The Kier molecular flexibility index (Phi) is 11.2. The van der Waals surface area contributed by atoms with Gasteiger partial charge in [0.1, 0.15) is 35.3 Å². The number of hydrogen-bond donors (Lipinski definition) is 4. The lowest BCUT2D eigenvalue weighted by Gasteiger charge is -2.68. The zero-order valence-electron chi connectivity index (χ0n) is 33.7. The summed E-state index contributed by atoms with van der Waals surface area (Å²) in [5.41, 5.74) is -6.99. The number of esters is 3. The van der Waals surface area contributed by atoms with Crippen LogP contribution in [0.15, 0.2) is 60.7 Å². The summed E-state index contributed by atoms with van der Waals surface area (Å²) in [5, 5.41) is 39.5. The minimum Gasteiger partial charge on any atom is -0.460 e. The Bertz CT molecular complexity index is 1860. The van der Waals surface area contributed by atoms with Gasteiger partial charge in [-0.2, -0.15) is 0 Å². The topological polar surface area (TPSA) is 204 Å². The first-order valence-corrected chi connectivity index (χ1v) is 19.5. The summed E-state index contributed by atoms with van der Waals surface area (Å²) in [7, 11) is 0. The third-order valence-corrected chi connectivity index (χ3v) is 13.1. The molecule has 2 aromatic rings. The van der Waals surface area contributed by atoms with Crippen LogP contribution in [-0.4, -0.2) is 99.0 Å². The quantitative estimate of drug-likeness (QED) is 0.219. The number of hydrogen-bond acceptors (Lipinski definition) is 13. The van der Waals surface area contributed by atoms with Gasteiger partial charge in [-0.25, -0.2) is 14.4 Å². The average molecular weight is 794 g/mol. The lowest BCUT2D eigenvalue weighted by Crippen LogP contribution is -2.81. The Hall–Kier alpha value is -4.37. The number of carbonyl (C=O) groups excluding carboxylic acids is 5. The van der Waals surface area contributed by atoms with Crippen molar-refractivity contribution in [1.82, 2.24) is 5.32 Å². The molecule has 1 aliphatic heterocycles. The van der Waals surface area contributed by atoms with Gasteiger partial charge >= 0.3 is 24.0 Å². The van der Waals surface area contributed by atoms with E-state index in [1.165, 1.54) is 19.1 Å². The summed E-state index contributed by atoms with van der Waals surface area (Å²) in [5.74, 6) is -5.75. The van der Waals surface area contributed by atoms with Crippen LogP contribution in [-0.2, 0) is 38.1 Å². The molecule has 4 fully saturated rings. The van der Waals surface area contributed by atoms with Crippen LogP contribution in [0.5, 0.6) is 0 Å². The van der Waals surface area contributed by atoms with Crippen molar-refractivity contribution in [2.45, 2.75) is 128 Å². The number of fused-ring (bicyclic) bond motifs is 5. The molecule has 4 N–H and O–H groups in total. The highest BCUT2D eigenvalue weighted by Gasteiger charge is 2.77. The van der Waals surface area contributed by atoms with E-state index in [0.717, 1.165) is 0 Å². The van der Waals surface area contributed by atoms with Gasteiger partial charge < -0.3 is 44.3 Å². The zero-order valence-corrected chi connectivity index (χ0v) is 33.7. The van der Waals surface area contributed by atoms with Crippen LogP contribution in [0.4, 0.5) is 4.79 Å². The normalized spacial score (nSPS) is 35.3. The lowest BCUT2D eigenvalue weighted by molar-refractivity contribution is -0.352.